The normalized spacial score (nSPS) is 11.1. The average Bonchev–Trinajstić information content (AvgIpc) is 3.10. The van der Waals surface area contributed by atoms with Crippen LogP contribution in [-0.2, 0) is 13.0 Å². The topological polar surface area (TPSA) is 59.8 Å². The van der Waals surface area contributed by atoms with Crippen LogP contribution in [0, 0.1) is 6.92 Å². The molecule has 0 atom stereocenters. The van der Waals surface area contributed by atoms with Crippen molar-refractivity contribution in [2.75, 3.05) is 5.32 Å². The number of pyridine rings is 1. The number of nitrogens with zero attached hydrogens (tertiary/aromatic N) is 3. The van der Waals surface area contributed by atoms with Crippen molar-refractivity contribution in [3.63, 3.8) is 0 Å². The summed E-state index contributed by atoms with van der Waals surface area (Å²) in [4.78, 5) is 22.4. The summed E-state index contributed by atoms with van der Waals surface area (Å²) in [6, 6.07) is 16.5. The summed E-state index contributed by atoms with van der Waals surface area (Å²) in [5, 5.41) is 4.26. The van der Waals surface area contributed by atoms with E-state index in [2.05, 4.69) is 16.8 Å². The van der Waals surface area contributed by atoms with Crippen molar-refractivity contribution in [1.82, 2.24) is 14.5 Å². The van der Waals surface area contributed by atoms with E-state index in [1.54, 1.807) is 24.3 Å². The van der Waals surface area contributed by atoms with Crippen molar-refractivity contribution in [2.24, 2.45) is 0 Å². The number of amides is 1. The first kappa shape index (κ1) is 22.3. The fourth-order valence-corrected chi connectivity index (χ4v) is 3.82. The highest BCUT2D eigenvalue weighted by molar-refractivity contribution is 6.30. The van der Waals surface area contributed by atoms with Gasteiger partial charge >= 0.3 is 0 Å². The van der Waals surface area contributed by atoms with Crippen LogP contribution in [0.25, 0.3) is 11.2 Å². The zero-order valence-electron chi connectivity index (χ0n) is 18.0. The average molecular weight is 467 g/mol. The molecular formula is C25H24Cl2N4O. The second kappa shape index (κ2) is 9.72. The lowest BCUT2D eigenvalue weighted by Crippen LogP contribution is -2.13. The zero-order valence-corrected chi connectivity index (χ0v) is 19.5. The van der Waals surface area contributed by atoms with E-state index >= 15 is 0 Å². The number of carbonyl (C=O) groups is 1. The first-order chi connectivity index (χ1) is 15.4. The van der Waals surface area contributed by atoms with Gasteiger partial charge in [0.05, 0.1) is 17.9 Å². The highest BCUT2D eigenvalue weighted by Gasteiger charge is 2.16. The number of imidazole rings is 1. The molecule has 2 aromatic heterocycles. The van der Waals surface area contributed by atoms with E-state index in [4.69, 9.17) is 33.2 Å². The third-order valence-electron chi connectivity index (χ3n) is 5.35. The molecule has 0 spiro atoms. The Morgan fingerprint density at radius 3 is 2.31 bits per heavy atom. The number of unbranched alkanes of at least 4 members (excludes halogenated alkanes) is 1. The Bertz CT molecular complexity index is 1250. The van der Waals surface area contributed by atoms with E-state index in [-0.39, 0.29) is 5.91 Å². The number of aryl methyl sites for hydroxylation is 2. The molecule has 0 saturated heterocycles. The second-order valence-corrected chi connectivity index (χ2v) is 8.64. The lowest BCUT2D eigenvalue weighted by Gasteiger charge is -2.11. The summed E-state index contributed by atoms with van der Waals surface area (Å²) in [7, 11) is 0. The van der Waals surface area contributed by atoms with Gasteiger partial charge in [-0.2, -0.15) is 0 Å². The van der Waals surface area contributed by atoms with Gasteiger partial charge in [0, 0.05) is 22.0 Å². The minimum Gasteiger partial charge on any atom is -0.320 e. The Hall–Kier alpha value is -2.89. The Morgan fingerprint density at radius 2 is 1.66 bits per heavy atom. The Labute approximate surface area is 197 Å². The number of hydrogen-bond donors (Lipinski definition) is 1. The van der Waals surface area contributed by atoms with Crippen LogP contribution in [-0.4, -0.2) is 20.4 Å². The first-order valence-corrected chi connectivity index (χ1v) is 11.4. The molecule has 0 radical (unpaired) electrons. The summed E-state index contributed by atoms with van der Waals surface area (Å²) < 4.78 is 2.16. The molecule has 164 valence electrons. The molecule has 4 rings (SSSR count). The van der Waals surface area contributed by atoms with Crippen LogP contribution in [0.4, 0.5) is 5.69 Å². The molecule has 0 bridgehead atoms. The maximum Gasteiger partial charge on any atom is 0.255 e. The second-order valence-electron chi connectivity index (χ2n) is 7.77. The number of rotatable bonds is 7. The van der Waals surface area contributed by atoms with Crippen molar-refractivity contribution in [3.05, 3.63) is 87.3 Å². The molecule has 1 N–H and O–H groups in total. The molecule has 7 heteroatoms. The minimum atomic E-state index is -0.210. The van der Waals surface area contributed by atoms with Crippen molar-refractivity contribution in [2.45, 2.75) is 39.7 Å². The smallest absolute Gasteiger partial charge is 0.255 e. The lowest BCUT2D eigenvalue weighted by molar-refractivity contribution is 0.102. The van der Waals surface area contributed by atoms with Gasteiger partial charge in [-0.15, -0.1) is 0 Å². The molecule has 2 aromatic carbocycles. The van der Waals surface area contributed by atoms with E-state index in [9.17, 15) is 4.79 Å². The maximum absolute atomic E-state index is 12.7. The number of halogens is 2. The third-order valence-corrected chi connectivity index (χ3v) is 5.86. The minimum absolute atomic E-state index is 0.210. The van der Waals surface area contributed by atoms with Crippen LogP contribution < -0.4 is 5.32 Å². The van der Waals surface area contributed by atoms with Crippen LogP contribution in [0.5, 0.6) is 0 Å². The van der Waals surface area contributed by atoms with Gasteiger partial charge in [0.2, 0.25) is 0 Å². The summed E-state index contributed by atoms with van der Waals surface area (Å²) in [6.45, 7) is 4.72. The number of aromatic nitrogens is 3. The number of anilines is 1. The quantitative estimate of drug-likeness (QED) is 0.329. The summed E-state index contributed by atoms with van der Waals surface area (Å²) in [5.41, 5.74) is 4.63. The van der Waals surface area contributed by atoms with Gasteiger partial charge in [0.1, 0.15) is 11.3 Å². The molecular weight excluding hydrogens is 443 g/mol. The molecule has 0 unspecified atom stereocenters. The highest BCUT2D eigenvalue weighted by atomic mass is 35.5. The molecule has 0 aliphatic rings. The SMILES string of the molecule is CCCCc1nc2cc(NC(=O)c3ccc(Cl)cc3)c(C)nc2n1Cc1ccc(Cl)cc1. The predicted molar refractivity (Wildman–Crippen MR) is 131 cm³/mol. The van der Waals surface area contributed by atoms with Crippen LogP contribution in [0.2, 0.25) is 10.0 Å². The van der Waals surface area contributed by atoms with Gasteiger partial charge in [0.25, 0.3) is 5.91 Å². The Kier molecular flexibility index (Phi) is 6.77. The number of nitrogens with one attached hydrogen (secondary N) is 1. The Morgan fingerprint density at radius 1 is 1.00 bits per heavy atom. The van der Waals surface area contributed by atoms with Crippen LogP contribution in [0.15, 0.2) is 54.6 Å². The zero-order chi connectivity index (χ0) is 22.7. The van der Waals surface area contributed by atoms with Crippen molar-refractivity contribution in [3.8, 4) is 0 Å². The standard InChI is InChI=1S/C25H24Cl2N4O/c1-3-4-5-23-29-22-14-21(30-25(32)18-8-12-20(27)13-9-18)16(2)28-24(22)31(23)15-17-6-10-19(26)11-7-17/h6-14H,3-5,15H2,1-2H3,(H,30,32). The molecule has 0 aliphatic carbocycles. The van der Waals surface area contributed by atoms with Gasteiger partial charge in [-0.05, 0) is 61.4 Å². The molecule has 1 amide bonds. The monoisotopic (exact) mass is 466 g/mol. The van der Waals surface area contributed by atoms with Gasteiger partial charge in [-0.1, -0.05) is 48.7 Å². The molecule has 4 aromatic rings. The van der Waals surface area contributed by atoms with Gasteiger partial charge < -0.3 is 9.88 Å². The van der Waals surface area contributed by atoms with Gasteiger partial charge in [0.15, 0.2) is 5.65 Å². The van der Waals surface area contributed by atoms with E-state index in [0.717, 1.165) is 47.5 Å². The first-order valence-electron chi connectivity index (χ1n) is 10.6. The largest absolute Gasteiger partial charge is 0.320 e. The molecule has 32 heavy (non-hydrogen) atoms. The fraction of sp³-hybridized carbons (Fsp3) is 0.240. The van der Waals surface area contributed by atoms with E-state index in [0.29, 0.717) is 27.8 Å². The summed E-state index contributed by atoms with van der Waals surface area (Å²) in [5.74, 6) is 0.780. The van der Waals surface area contributed by atoms with Crippen LogP contribution in [0.1, 0.15) is 47.2 Å². The molecule has 5 nitrogen and oxygen atoms in total. The number of hydrogen-bond acceptors (Lipinski definition) is 3. The van der Waals surface area contributed by atoms with Crippen LogP contribution >= 0.6 is 23.2 Å². The highest BCUT2D eigenvalue weighted by Crippen LogP contribution is 2.24. The van der Waals surface area contributed by atoms with Gasteiger partial charge in [-0.25, -0.2) is 9.97 Å². The van der Waals surface area contributed by atoms with Crippen molar-refractivity contribution < 1.29 is 4.79 Å². The van der Waals surface area contributed by atoms with Crippen molar-refractivity contribution in [1.29, 1.82) is 0 Å². The van der Waals surface area contributed by atoms with E-state index in [1.807, 2.05) is 37.3 Å². The molecule has 0 aliphatic heterocycles. The lowest BCUT2D eigenvalue weighted by atomic mass is 10.2. The Balaban J connectivity index is 1.68. The van der Waals surface area contributed by atoms with E-state index < -0.39 is 0 Å². The van der Waals surface area contributed by atoms with Crippen molar-refractivity contribution >= 4 is 46.0 Å². The molecule has 0 fully saturated rings. The summed E-state index contributed by atoms with van der Waals surface area (Å²) in [6.07, 6.45) is 2.99. The van der Waals surface area contributed by atoms with Crippen LogP contribution in [0.3, 0.4) is 0 Å². The van der Waals surface area contributed by atoms with E-state index in [1.165, 1.54) is 0 Å². The fourth-order valence-electron chi connectivity index (χ4n) is 3.57. The molecule has 2 heterocycles. The third kappa shape index (κ3) is 4.95. The number of benzene rings is 2. The molecule has 0 saturated carbocycles. The number of carbonyl (C=O) groups excluding carboxylic acids is 1. The van der Waals surface area contributed by atoms with Gasteiger partial charge in [-0.3, -0.25) is 4.79 Å². The summed E-state index contributed by atoms with van der Waals surface area (Å²) >= 11 is 12.0. The maximum atomic E-state index is 12.7. The number of fused-ring (bicyclic) bond motifs is 1. The predicted octanol–water partition coefficient (Wildman–Crippen LogP) is 6.69.